The molecule has 1 aliphatic heterocycles. The van der Waals surface area contributed by atoms with E-state index >= 15 is 0 Å². The fraction of sp³-hybridized carbons (Fsp3) is 0.318. The molecule has 1 aliphatic rings. The van der Waals surface area contributed by atoms with E-state index in [-0.39, 0.29) is 0 Å². The number of anilines is 1. The van der Waals surface area contributed by atoms with Gasteiger partial charge in [-0.2, -0.15) is 4.31 Å². The highest BCUT2D eigenvalue weighted by Crippen LogP contribution is 2.27. The summed E-state index contributed by atoms with van der Waals surface area (Å²) in [6.07, 6.45) is 0. The Morgan fingerprint density at radius 3 is 2.29 bits per heavy atom. The minimum Gasteiger partial charge on any atom is -0.368 e. The molecule has 1 aromatic heterocycles. The van der Waals surface area contributed by atoms with Gasteiger partial charge in [0.15, 0.2) is 5.69 Å². The Hall–Kier alpha value is -2.44. The van der Waals surface area contributed by atoms with Gasteiger partial charge in [-0.25, -0.2) is 13.4 Å². The van der Waals surface area contributed by atoms with E-state index in [1.54, 1.807) is 16.4 Å². The van der Waals surface area contributed by atoms with Gasteiger partial charge in [-0.3, -0.25) is 0 Å². The molecular formula is C22H26N3O2S+. The molecule has 2 heterocycles. The molecule has 1 N–H and O–H groups in total. The molecule has 146 valence electrons. The second kappa shape index (κ2) is 7.18. The molecule has 0 aliphatic carbocycles. The van der Waals surface area contributed by atoms with E-state index < -0.39 is 10.0 Å². The van der Waals surface area contributed by atoms with E-state index in [2.05, 4.69) is 35.0 Å². The van der Waals surface area contributed by atoms with E-state index in [0.717, 1.165) is 28.0 Å². The van der Waals surface area contributed by atoms with Gasteiger partial charge in [0, 0.05) is 45.2 Å². The summed E-state index contributed by atoms with van der Waals surface area (Å²) in [5.74, 6) is 0. The Bertz CT molecular complexity index is 1130. The Morgan fingerprint density at radius 1 is 0.857 bits per heavy atom. The van der Waals surface area contributed by atoms with Crippen molar-refractivity contribution in [2.24, 2.45) is 0 Å². The molecule has 5 nitrogen and oxygen atoms in total. The summed E-state index contributed by atoms with van der Waals surface area (Å²) < 4.78 is 27.7. The minimum absolute atomic E-state index is 0.389. The quantitative estimate of drug-likeness (QED) is 0.684. The third-order valence-corrected chi connectivity index (χ3v) is 7.48. The van der Waals surface area contributed by atoms with Crippen LogP contribution < -0.4 is 9.88 Å². The number of benzene rings is 2. The number of piperazine rings is 1. The predicted molar refractivity (Wildman–Crippen MR) is 112 cm³/mol. The molecule has 3 aromatic rings. The Labute approximate surface area is 166 Å². The molecule has 0 atom stereocenters. The molecule has 0 saturated carbocycles. The Morgan fingerprint density at radius 2 is 1.57 bits per heavy atom. The number of sulfonamides is 1. The standard InChI is InChI=1S/C22H25N3O2S/c1-16-8-9-19(14-17(16)2)28(26,27)25-12-10-24(11-13-25)22-15-18(3)23-21-7-5-4-6-20(21)22/h4-9,14-15H,10-13H2,1-3H3/p+1. The van der Waals surface area contributed by atoms with Crippen LogP contribution in [0.5, 0.6) is 0 Å². The lowest BCUT2D eigenvalue weighted by atomic mass is 10.1. The number of aromatic nitrogens is 1. The van der Waals surface area contributed by atoms with Crippen molar-refractivity contribution in [3.05, 3.63) is 65.4 Å². The van der Waals surface area contributed by atoms with Crippen LogP contribution in [0, 0.1) is 20.8 Å². The third-order valence-electron chi connectivity index (χ3n) is 5.58. The molecule has 6 heteroatoms. The number of para-hydroxylation sites is 1. The molecule has 1 fully saturated rings. The molecule has 1 saturated heterocycles. The number of pyridine rings is 1. The molecule has 0 spiro atoms. The maximum atomic E-state index is 13.1. The first-order valence-electron chi connectivity index (χ1n) is 9.60. The first-order chi connectivity index (χ1) is 13.4. The normalized spacial score (nSPS) is 15.9. The van der Waals surface area contributed by atoms with E-state index in [4.69, 9.17) is 0 Å². The molecule has 0 radical (unpaired) electrons. The van der Waals surface area contributed by atoms with Crippen LogP contribution in [0.1, 0.15) is 16.8 Å². The SMILES string of the molecule is Cc1cc(N2CCN(S(=O)(=O)c3ccc(C)c(C)c3)CC2)c2ccccc2[nH+]1. The lowest BCUT2D eigenvalue weighted by molar-refractivity contribution is -0.354. The lowest BCUT2D eigenvalue weighted by Gasteiger charge is -2.35. The number of hydrogen-bond acceptors (Lipinski definition) is 3. The molecule has 2 aromatic carbocycles. The zero-order valence-electron chi connectivity index (χ0n) is 16.6. The summed E-state index contributed by atoms with van der Waals surface area (Å²) >= 11 is 0. The zero-order chi connectivity index (χ0) is 19.9. The van der Waals surface area contributed by atoms with Crippen molar-refractivity contribution >= 4 is 26.6 Å². The van der Waals surface area contributed by atoms with Gasteiger partial charge in [-0.15, -0.1) is 0 Å². The fourth-order valence-electron chi connectivity index (χ4n) is 3.80. The number of nitrogens with one attached hydrogen (secondary N) is 1. The maximum absolute atomic E-state index is 13.1. The van der Waals surface area contributed by atoms with Crippen LogP contribution in [0.25, 0.3) is 10.9 Å². The van der Waals surface area contributed by atoms with Crippen LogP contribution in [0.4, 0.5) is 5.69 Å². The van der Waals surface area contributed by atoms with E-state index in [1.807, 2.05) is 32.0 Å². The van der Waals surface area contributed by atoms with Gasteiger partial charge in [0.25, 0.3) is 0 Å². The van der Waals surface area contributed by atoms with Crippen LogP contribution in [-0.4, -0.2) is 38.9 Å². The Kier molecular flexibility index (Phi) is 4.85. The first-order valence-corrected chi connectivity index (χ1v) is 11.0. The number of aryl methyl sites for hydroxylation is 3. The average Bonchev–Trinajstić information content (AvgIpc) is 2.69. The maximum Gasteiger partial charge on any atom is 0.243 e. The number of aromatic amines is 1. The van der Waals surface area contributed by atoms with Crippen molar-refractivity contribution in [2.75, 3.05) is 31.1 Å². The van der Waals surface area contributed by atoms with Crippen LogP contribution in [0.3, 0.4) is 0 Å². The topological polar surface area (TPSA) is 54.8 Å². The van der Waals surface area contributed by atoms with E-state index in [1.165, 1.54) is 5.39 Å². The van der Waals surface area contributed by atoms with Gasteiger partial charge >= 0.3 is 0 Å². The van der Waals surface area contributed by atoms with Crippen LogP contribution in [0.15, 0.2) is 53.4 Å². The molecule has 0 amide bonds. The third kappa shape index (κ3) is 3.38. The summed E-state index contributed by atoms with van der Waals surface area (Å²) in [5.41, 5.74) is 5.46. The van der Waals surface area contributed by atoms with Gasteiger partial charge in [0.1, 0.15) is 0 Å². The number of rotatable bonds is 3. The molecule has 4 rings (SSSR count). The monoisotopic (exact) mass is 396 g/mol. The minimum atomic E-state index is -3.46. The van der Waals surface area contributed by atoms with Gasteiger partial charge in [0.2, 0.25) is 15.5 Å². The van der Waals surface area contributed by atoms with Gasteiger partial charge < -0.3 is 4.90 Å². The number of fused-ring (bicyclic) bond motifs is 1. The van der Waals surface area contributed by atoms with Crippen LogP contribution in [0.2, 0.25) is 0 Å². The summed E-state index contributed by atoms with van der Waals surface area (Å²) in [7, 11) is -3.46. The fourth-order valence-corrected chi connectivity index (χ4v) is 5.31. The van der Waals surface area contributed by atoms with Crippen molar-refractivity contribution in [2.45, 2.75) is 25.7 Å². The predicted octanol–water partition coefficient (Wildman–Crippen LogP) is 3.09. The highest BCUT2D eigenvalue weighted by Gasteiger charge is 2.29. The largest absolute Gasteiger partial charge is 0.368 e. The van der Waals surface area contributed by atoms with Crippen LogP contribution >= 0.6 is 0 Å². The van der Waals surface area contributed by atoms with Gasteiger partial charge in [0.05, 0.1) is 16.0 Å². The molecular weight excluding hydrogens is 370 g/mol. The van der Waals surface area contributed by atoms with Gasteiger partial charge in [-0.1, -0.05) is 18.2 Å². The van der Waals surface area contributed by atoms with Crippen molar-refractivity contribution < 1.29 is 13.4 Å². The summed E-state index contributed by atoms with van der Waals surface area (Å²) in [6.45, 7) is 8.33. The highest BCUT2D eigenvalue weighted by atomic mass is 32.2. The average molecular weight is 397 g/mol. The molecule has 0 bridgehead atoms. The number of H-pyrrole nitrogens is 1. The second-order valence-electron chi connectivity index (χ2n) is 7.52. The molecule has 0 unspecified atom stereocenters. The number of hydrogen-bond donors (Lipinski definition) is 0. The summed E-state index contributed by atoms with van der Waals surface area (Å²) in [5, 5.41) is 1.17. The first kappa shape index (κ1) is 18.9. The van der Waals surface area contributed by atoms with Gasteiger partial charge in [-0.05, 0) is 43.2 Å². The van der Waals surface area contributed by atoms with Crippen molar-refractivity contribution in [1.29, 1.82) is 0 Å². The number of nitrogens with zero attached hydrogens (tertiary/aromatic N) is 2. The van der Waals surface area contributed by atoms with E-state index in [9.17, 15) is 8.42 Å². The zero-order valence-corrected chi connectivity index (χ0v) is 17.4. The molecule has 28 heavy (non-hydrogen) atoms. The second-order valence-corrected chi connectivity index (χ2v) is 9.46. The van der Waals surface area contributed by atoms with Crippen molar-refractivity contribution in [1.82, 2.24) is 4.31 Å². The van der Waals surface area contributed by atoms with E-state index in [0.29, 0.717) is 31.1 Å². The summed E-state index contributed by atoms with van der Waals surface area (Å²) in [4.78, 5) is 6.08. The van der Waals surface area contributed by atoms with Crippen molar-refractivity contribution in [3.8, 4) is 0 Å². The van der Waals surface area contributed by atoms with Crippen LogP contribution in [-0.2, 0) is 10.0 Å². The summed E-state index contributed by atoms with van der Waals surface area (Å²) in [6, 6.07) is 15.8. The lowest BCUT2D eigenvalue weighted by Crippen LogP contribution is -2.48. The van der Waals surface area contributed by atoms with Crippen molar-refractivity contribution in [3.63, 3.8) is 0 Å². The smallest absolute Gasteiger partial charge is 0.243 e. The highest BCUT2D eigenvalue weighted by molar-refractivity contribution is 7.89. The Balaban J connectivity index is 1.58.